The van der Waals surface area contributed by atoms with Crippen LogP contribution in [0.4, 0.5) is 0 Å². The number of pyridine rings is 1. The zero-order valence-electron chi connectivity index (χ0n) is 10.6. The van der Waals surface area contributed by atoms with E-state index in [1.807, 2.05) is 19.1 Å². The summed E-state index contributed by atoms with van der Waals surface area (Å²) in [6.07, 6.45) is 6.20. The van der Waals surface area contributed by atoms with E-state index >= 15 is 0 Å². The molecule has 0 aliphatic carbocycles. The van der Waals surface area contributed by atoms with Gasteiger partial charge in [0.15, 0.2) is 0 Å². The average Bonchev–Trinajstić information content (AvgIpc) is 2.46. The third-order valence-electron chi connectivity index (χ3n) is 2.91. The molecule has 0 spiro atoms. The number of nitrogens with zero attached hydrogens (tertiary/aromatic N) is 4. The molecule has 5 nitrogen and oxygen atoms in total. The van der Waals surface area contributed by atoms with E-state index in [2.05, 4.69) is 15.0 Å². The summed E-state index contributed by atoms with van der Waals surface area (Å²) in [4.78, 5) is 25.6. The fourth-order valence-corrected chi connectivity index (χ4v) is 1.81. The largest absolute Gasteiger partial charge is 0.334 e. The molecule has 1 unspecified atom stereocenters. The van der Waals surface area contributed by atoms with Crippen LogP contribution in [-0.2, 0) is 0 Å². The first kappa shape index (κ1) is 13.4. The first-order chi connectivity index (χ1) is 9.09. The van der Waals surface area contributed by atoms with Crippen molar-refractivity contribution >= 4 is 17.5 Å². The quantitative estimate of drug-likeness (QED) is 0.863. The summed E-state index contributed by atoms with van der Waals surface area (Å²) in [6.45, 7) is 1.94. The van der Waals surface area contributed by atoms with Crippen LogP contribution in [0.5, 0.6) is 0 Å². The van der Waals surface area contributed by atoms with Crippen molar-refractivity contribution < 1.29 is 4.79 Å². The van der Waals surface area contributed by atoms with Gasteiger partial charge < -0.3 is 4.90 Å². The number of carbonyl (C=O) groups excluding carboxylic acids is 1. The molecule has 1 amide bonds. The van der Waals surface area contributed by atoms with E-state index in [0.29, 0.717) is 0 Å². The molecule has 0 radical (unpaired) electrons. The van der Waals surface area contributed by atoms with Crippen LogP contribution in [0.25, 0.3) is 0 Å². The Morgan fingerprint density at radius 1 is 1.26 bits per heavy atom. The van der Waals surface area contributed by atoms with Gasteiger partial charge in [0.25, 0.3) is 5.91 Å². The van der Waals surface area contributed by atoms with Gasteiger partial charge in [0.05, 0.1) is 18.4 Å². The summed E-state index contributed by atoms with van der Waals surface area (Å²) in [5, 5.41) is 0.204. The van der Waals surface area contributed by atoms with Gasteiger partial charge in [0, 0.05) is 19.4 Å². The molecule has 1 atom stereocenters. The monoisotopic (exact) mass is 276 g/mol. The molecule has 0 bridgehead atoms. The minimum Gasteiger partial charge on any atom is -0.334 e. The average molecular weight is 277 g/mol. The van der Waals surface area contributed by atoms with Crippen LogP contribution in [0.1, 0.15) is 29.0 Å². The van der Waals surface area contributed by atoms with Crippen molar-refractivity contribution in [2.24, 2.45) is 0 Å². The zero-order valence-corrected chi connectivity index (χ0v) is 11.4. The molecule has 0 saturated heterocycles. The van der Waals surface area contributed by atoms with Crippen LogP contribution >= 0.6 is 11.6 Å². The molecule has 98 valence electrons. The molecule has 0 aliphatic heterocycles. The van der Waals surface area contributed by atoms with Gasteiger partial charge in [-0.05, 0) is 24.6 Å². The Hall–Kier alpha value is -2.01. The van der Waals surface area contributed by atoms with Gasteiger partial charge in [-0.1, -0.05) is 11.6 Å². The molecule has 2 rings (SSSR count). The first-order valence-corrected chi connectivity index (χ1v) is 6.12. The van der Waals surface area contributed by atoms with Crippen LogP contribution in [0.3, 0.4) is 0 Å². The molecule has 2 aromatic rings. The molecule has 2 aromatic heterocycles. The summed E-state index contributed by atoms with van der Waals surface area (Å²) < 4.78 is 0. The van der Waals surface area contributed by atoms with Crippen molar-refractivity contribution in [1.29, 1.82) is 0 Å². The van der Waals surface area contributed by atoms with Crippen LogP contribution < -0.4 is 0 Å². The number of carbonyl (C=O) groups is 1. The molecule has 6 heteroatoms. The lowest BCUT2D eigenvalue weighted by molar-refractivity contribution is 0.0736. The Morgan fingerprint density at radius 3 is 2.58 bits per heavy atom. The Balaban J connectivity index is 2.20. The van der Waals surface area contributed by atoms with E-state index < -0.39 is 0 Å². The standard InChI is InChI=1S/C13H13ClN4O/c1-9(10-3-5-15-6-4-10)18(2)13(19)11-7-16-8-12(14)17-11/h3-9H,1-2H3. The Kier molecular flexibility index (Phi) is 4.06. The Bertz CT molecular complexity index is 576. The predicted molar refractivity (Wildman–Crippen MR) is 71.8 cm³/mol. The maximum absolute atomic E-state index is 12.3. The molecule has 2 heterocycles. The van der Waals surface area contributed by atoms with Gasteiger partial charge >= 0.3 is 0 Å². The molecule has 0 fully saturated rings. The highest BCUT2D eigenvalue weighted by Gasteiger charge is 2.20. The van der Waals surface area contributed by atoms with Gasteiger partial charge in [-0.3, -0.25) is 14.8 Å². The maximum atomic E-state index is 12.3. The highest BCUT2D eigenvalue weighted by Crippen LogP contribution is 2.19. The van der Waals surface area contributed by atoms with Crippen molar-refractivity contribution in [2.45, 2.75) is 13.0 Å². The van der Waals surface area contributed by atoms with E-state index in [1.54, 1.807) is 24.3 Å². The fraction of sp³-hybridized carbons (Fsp3) is 0.231. The summed E-state index contributed by atoms with van der Waals surface area (Å²) in [5.41, 5.74) is 1.23. The van der Waals surface area contributed by atoms with E-state index in [1.165, 1.54) is 12.4 Å². The van der Waals surface area contributed by atoms with Crippen molar-refractivity contribution in [1.82, 2.24) is 19.9 Å². The number of aromatic nitrogens is 3. The number of halogens is 1. The third kappa shape index (κ3) is 3.06. The number of rotatable bonds is 3. The van der Waals surface area contributed by atoms with Crippen molar-refractivity contribution in [3.63, 3.8) is 0 Å². The van der Waals surface area contributed by atoms with Gasteiger partial charge in [-0.25, -0.2) is 4.98 Å². The fourth-order valence-electron chi connectivity index (χ4n) is 1.67. The topological polar surface area (TPSA) is 59.0 Å². The summed E-state index contributed by atoms with van der Waals surface area (Å²) in [5.74, 6) is -0.223. The van der Waals surface area contributed by atoms with Gasteiger partial charge in [-0.15, -0.1) is 0 Å². The molecule has 0 aromatic carbocycles. The first-order valence-electron chi connectivity index (χ1n) is 5.74. The third-order valence-corrected chi connectivity index (χ3v) is 3.10. The summed E-state index contributed by atoms with van der Waals surface area (Å²) in [6, 6.07) is 3.66. The van der Waals surface area contributed by atoms with Crippen LogP contribution in [0.15, 0.2) is 36.9 Å². The molecule has 0 aliphatic rings. The molecular formula is C13H13ClN4O. The second kappa shape index (κ2) is 5.75. The molecule has 0 N–H and O–H groups in total. The van der Waals surface area contributed by atoms with Gasteiger partial charge in [0.2, 0.25) is 0 Å². The van der Waals surface area contributed by atoms with Crippen LogP contribution in [0.2, 0.25) is 5.15 Å². The smallest absolute Gasteiger partial charge is 0.274 e. The van der Waals surface area contributed by atoms with Crippen molar-refractivity contribution in [3.05, 3.63) is 53.3 Å². The number of hydrogen-bond acceptors (Lipinski definition) is 4. The Morgan fingerprint density at radius 2 is 1.95 bits per heavy atom. The molecular weight excluding hydrogens is 264 g/mol. The van der Waals surface area contributed by atoms with E-state index in [0.717, 1.165) is 5.56 Å². The predicted octanol–water partition coefficient (Wildman–Crippen LogP) is 2.36. The van der Waals surface area contributed by atoms with E-state index in [9.17, 15) is 4.79 Å². The maximum Gasteiger partial charge on any atom is 0.274 e. The van der Waals surface area contributed by atoms with Crippen molar-refractivity contribution in [2.75, 3.05) is 7.05 Å². The zero-order chi connectivity index (χ0) is 13.8. The summed E-state index contributed by atoms with van der Waals surface area (Å²) >= 11 is 5.74. The lowest BCUT2D eigenvalue weighted by atomic mass is 10.1. The second-order valence-electron chi connectivity index (χ2n) is 4.10. The minimum absolute atomic E-state index is 0.0868. The number of amides is 1. The number of hydrogen-bond donors (Lipinski definition) is 0. The van der Waals surface area contributed by atoms with Gasteiger partial charge in [0.1, 0.15) is 10.8 Å². The van der Waals surface area contributed by atoms with E-state index in [-0.39, 0.29) is 22.8 Å². The highest BCUT2D eigenvalue weighted by molar-refractivity contribution is 6.29. The minimum atomic E-state index is -0.223. The lowest BCUT2D eigenvalue weighted by Crippen LogP contribution is -2.30. The van der Waals surface area contributed by atoms with Crippen molar-refractivity contribution in [3.8, 4) is 0 Å². The summed E-state index contributed by atoms with van der Waals surface area (Å²) in [7, 11) is 1.72. The van der Waals surface area contributed by atoms with Gasteiger partial charge in [-0.2, -0.15) is 0 Å². The lowest BCUT2D eigenvalue weighted by Gasteiger charge is -2.24. The highest BCUT2D eigenvalue weighted by atomic mass is 35.5. The van der Waals surface area contributed by atoms with Crippen LogP contribution in [-0.4, -0.2) is 32.8 Å². The SMILES string of the molecule is CC(c1ccncc1)N(C)C(=O)c1cncc(Cl)n1. The Labute approximate surface area is 116 Å². The van der Waals surface area contributed by atoms with E-state index in [4.69, 9.17) is 11.6 Å². The molecule has 19 heavy (non-hydrogen) atoms. The van der Waals surface area contributed by atoms with Crippen LogP contribution in [0, 0.1) is 0 Å². The molecule has 0 saturated carbocycles. The second-order valence-corrected chi connectivity index (χ2v) is 4.49. The normalized spacial score (nSPS) is 11.9.